The number of methoxy groups -OCH3 is 1. The maximum atomic E-state index is 11.6. The minimum Gasteiger partial charge on any atom is -0.465 e. The van der Waals surface area contributed by atoms with Crippen LogP contribution in [0.2, 0.25) is 0 Å². The Morgan fingerprint density at radius 3 is 1.54 bits per heavy atom. The maximum absolute atomic E-state index is 11.6. The molecule has 4 aromatic carbocycles. The highest BCUT2D eigenvalue weighted by molar-refractivity contribution is 7.86. The van der Waals surface area contributed by atoms with Crippen molar-refractivity contribution in [2.75, 3.05) is 14.2 Å². The zero-order valence-corrected chi connectivity index (χ0v) is 21.5. The molecule has 0 aliphatic carbocycles. The summed E-state index contributed by atoms with van der Waals surface area (Å²) in [5.74, 6) is -0.305. The highest BCUT2D eigenvalue weighted by atomic mass is 32.2. The number of rotatable bonds is 6. The van der Waals surface area contributed by atoms with Gasteiger partial charge in [0.2, 0.25) is 0 Å². The van der Waals surface area contributed by atoms with Gasteiger partial charge in [-0.2, -0.15) is 8.42 Å². The Balaban J connectivity index is 0.000000241. The molecule has 180 valence electrons. The second-order valence-electron chi connectivity index (χ2n) is 7.48. The number of hydrogen-bond acceptors (Lipinski definition) is 5. The maximum Gasteiger partial charge on any atom is 0.337 e. The lowest BCUT2D eigenvalue weighted by atomic mass is 10.2. The van der Waals surface area contributed by atoms with Gasteiger partial charge in [0.25, 0.3) is 10.1 Å². The number of carbonyl (C=O) groups is 1. The molecule has 0 fully saturated rings. The summed E-state index contributed by atoms with van der Waals surface area (Å²) in [6.45, 7) is 1.89. The van der Waals surface area contributed by atoms with E-state index in [0.717, 1.165) is 12.7 Å². The van der Waals surface area contributed by atoms with Crippen molar-refractivity contribution in [3.8, 4) is 0 Å². The quantitative estimate of drug-likeness (QED) is 0.218. The van der Waals surface area contributed by atoms with Crippen LogP contribution in [-0.4, -0.2) is 28.6 Å². The summed E-state index contributed by atoms with van der Waals surface area (Å²) < 4.78 is 31.3. The monoisotopic (exact) mass is 506 g/mol. The fourth-order valence-corrected chi connectivity index (χ4v) is 6.21. The first-order chi connectivity index (χ1) is 16.9. The molecule has 0 bridgehead atoms. The van der Waals surface area contributed by atoms with Gasteiger partial charge in [-0.25, -0.2) is 4.79 Å². The number of carbonyl (C=O) groups excluding carboxylic acids is 1. The fraction of sp³-hybridized carbons (Fsp3) is 0.107. The van der Waals surface area contributed by atoms with Gasteiger partial charge in [-0.3, -0.25) is 4.18 Å². The van der Waals surface area contributed by atoms with Gasteiger partial charge in [-0.05, 0) is 55.0 Å². The van der Waals surface area contributed by atoms with Crippen molar-refractivity contribution in [1.29, 1.82) is 0 Å². The molecule has 0 aliphatic rings. The lowest BCUT2D eigenvalue weighted by Crippen LogP contribution is -2.20. The second kappa shape index (κ2) is 12.4. The number of hydrogen-bond donors (Lipinski definition) is 0. The Morgan fingerprint density at radius 1 is 0.657 bits per heavy atom. The first kappa shape index (κ1) is 26.3. The topological polar surface area (TPSA) is 69.7 Å². The molecule has 0 saturated carbocycles. The van der Waals surface area contributed by atoms with E-state index in [1.165, 1.54) is 35.2 Å². The molecule has 0 amide bonds. The average Bonchev–Trinajstić information content (AvgIpc) is 2.91. The number of ether oxygens (including phenoxy) is 1. The van der Waals surface area contributed by atoms with Crippen LogP contribution in [0.3, 0.4) is 0 Å². The van der Waals surface area contributed by atoms with Crippen LogP contribution >= 0.6 is 7.92 Å². The van der Waals surface area contributed by atoms with Gasteiger partial charge in [-0.1, -0.05) is 90.5 Å². The molecule has 7 heteroatoms. The van der Waals surface area contributed by atoms with Crippen LogP contribution in [-0.2, 0) is 19.0 Å². The molecule has 0 radical (unpaired) electrons. The van der Waals surface area contributed by atoms with Gasteiger partial charge in [-0.15, -0.1) is 0 Å². The van der Waals surface area contributed by atoms with E-state index in [2.05, 4.69) is 52.7 Å². The normalized spacial score (nSPS) is 10.9. The molecule has 0 aromatic heterocycles. The van der Waals surface area contributed by atoms with Gasteiger partial charge in [0, 0.05) is 0 Å². The van der Waals surface area contributed by atoms with E-state index >= 15 is 0 Å². The van der Waals surface area contributed by atoms with Crippen LogP contribution in [0.4, 0.5) is 0 Å². The van der Waals surface area contributed by atoms with E-state index in [1.807, 2.05) is 43.3 Å². The number of aryl methyl sites for hydroxylation is 1. The largest absolute Gasteiger partial charge is 0.465 e. The SMILES string of the molecule is COC(=O)c1ccc(P(c2ccccc2)c2ccccc2)cc1.COS(=O)(=O)c1ccc(C)cc1. The highest BCUT2D eigenvalue weighted by Crippen LogP contribution is 2.32. The van der Waals surface area contributed by atoms with E-state index in [4.69, 9.17) is 4.74 Å². The van der Waals surface area contributed by atoms with Crippen molar-refractivity contribution in [2.45, 2.75) is 11.8 Å². The van der Waals surface area contributed by atoms with Crippen molar-refractivity contribution < 1.29 is 22.1 Å². The average molecular weight is 507 g/mol. The van der Waals surface area contributed by atoms with Crippen LogP contribution in [0.25, 0.3) is 0 Å². The standard InChI is InChI=1S/C20H17O2P.C8H10O3S/c1-22-20(21)16-12-14-19(15-13-16)23(17-8-4-2-5-9-17)18-10-6-3-7-11-18;1-7-3-5-8(6-4-7)12(9,10)11-2/h2-15H,1H3;3-6H,1-2H3. The summed E-state index contributed by atoms with van der Waals surface area (Å²) in [6, 6.07) is 35.2. The van der Waals surface area contributed by atoms with Crippen molar-refractivity contribution in [3.63, 3.8) is 0 Å². The Kier molecular flexibility index (Phi) is 9.32. The molecule has 0 saturated heterocycles. The third-order valence-corrected chi connectivity index (χ3v) is 8.84. The van der Waals surface area contributed by atoms with Gasteiger partial charge in [0.15, 0.2) is 0 Å². The molecule has 4 aromatic rings. The van der Waals surface area contributed by atoms with Crippen LogP contribution in [0.5, 0.6) is 0 Å². The predicted molar refractivity (Wildman–Crippen MR) is 142 cm³/mol. The molecule has 0 unspecified atom stereocenters. The fourth-order valence-electron chi connectivity index (χ4n) is 3.27. The molecule has 0 atom stereocenters. The van der Waals surface area contributed by atoms with Crippen LogP contribution in [0, 0.1) is 6.92 Å². The Labute approximate surface area is 208 Å². The van der Waals surface area contributed by atoms with Crippen molar-refractivity contribution >= 4 is 39.9 Å². The molecular weight excluding hydrogens is 479 g/mol. The van der Waals surface area contributed by atoms with Crippen molar-refractivity contribution in [2.24, 2.45) is 0 Å². The Hall–Kier alpha value is -3.31. The van der Waals surface area contributed by atoms with Gasteiger partial charge in [0.1, 0.15) is 0 Å². The molecular formula is C28H27O5PS. The van der Waals surface area contributed by atoms with Crippen LogP contribution in [0.15, 0.2) is 114 Å². The van der Waals surface area contributed by atoms with E-state index < -0.39 is 18.0 Å². The molecule has 0 spiro atoms. The molecule has 0 N–H and O–H groups in total. The van der Waals surface area contributed by atoms with Gasteiger partial charge < -0.3 is 4.74 Å². The lowest BCUT2D eigenvalue weighted by molar-refractivity contribution is 0.0600. The molecule has 0 heterocycles. The first-order valence-electron chi connectivity index (χ1n) is 10.8. The summed E-state index contributed by atoms with van der Waals surface area (Å²) in [5.41, 5.74) is 1.59. The summed E-state index contributed by atoms with van der Waals surface area (Å²) in [4.78, 5) is 11.8. The Bertz CT molecular complexity index is 1280. The summed E-state index contributed by atoms with van der Waals surface area (Å²) in [7, 11) is -1.60. The van der Waals surface area contributed by atoms with E-state index in [1.54, 1.807) is 12.1 Å². The summed E-state index contributed by atoms with van der Waals surface area (Å²) in [5, 5.41) is 3.80. The van der Waals surface area contributed by atoms with Crippen LogP contribution < -0.4 is 15.9 Å². The van der Waals surface area contributed by atoms with Crippen molar-refractivity contribution in [3.05, 3.63) is 120 Å². The summed E-state index contributed by atoms with van der Waals surface area (Å²) in [6.07, 6.45) is 0. The molecule has 0 aliphatic heterocycles. The number of benzene rings is 4. The van der Waals surface area contributed by atoms with Crippen molar-refractivity contribution in [1.82, 2.24) is 0 Å². The first-order valence-corrected chi connectivity index (χ1v) is 13.6. The Morgan fingerprint density at radius 2 is 1.11 bits per heavy atom. The second-order valence-corrected chi connectivity index (χ2v) is 11.4. The predicted octanol–water partition coefficient (Wildman–Crippen LogP) is 4.56. The lowest BCUT2D eigenvalue weighted by Gasteiger charge is -2.19. The van der Waals surface area contributed by atoms with E-state index in [0.29, 0.717) is 5.56 Å². The van der Waals surface area contributed by atoms with Gasteiger partial charge in [0.05, 0.1) is 24.7 Å². The highest BCUT2D eigenvalue weighted by Gasteiger charge is 2.16. The zero-order chi connectivity index (χ0) is 25.3. The number of esters is 1. The minimum absolute atomic E-state index is 0.190. The third-order valence-electron chi connectivity index (χ3n) is 5.10. The smallest absolute Gasteiger partial charge is 0.337 e. The van der Waals surface area contributed by atoms with Gasteiger partial charge >= 0.3 is 5.97 Å². The summed E-state index contributed by atoms with van der Waals surface area (Å²) >= 11 is 0. The minimum atomic E-state index is -3.51. The van der Waals surface area contributed by atoms with Crippen LogP contribution in [0.1, 0.15) is 15.9 Å². The third kappa shape index (κ3) is 7.09. The van der Waals surface area contributed by atoms with E-state index in [-0.39, 0.29) is 10.9 Å². The molecule has 5 nitrogen and oxygen atoms in total. The van der Waals surface area contributed by atoms with E-state index in [9.17, 15) is 13.2 Å². The molecule has 4 rings (SSSR count). The molecule has 35 heavy (non-hydrogen) atoms. The zero-order valence-electron chi connectivity index (χ0n) is 19.8.